The smallest absolute Gasteiger partial charge is 0.120 e. The number of nitrogens with zero attached hydrogens (tertiary/aromatic N) is 1. The molecule has 0 aliphatic heterocycles. The van der Waals surface area contributed by atoms with Crippen LogP contribution >= 0.6 is 0 Å². The molecule has 3 nitrogen and oxygen atoms in total. The van der Waals surface area contributed by atoms with E-state index in [1.54, 1.807) is 6.08 Å². The van der Waals surface area contributed by atoms with Crippen molar-refractivity contribution < 1.29 is 9.84 Å². The van der Waals surface area contributed by atoms with Crippen LogP contribution in [0.5, 0.6) is 5.75 Å². The second-order valence-corrected chi connectivity index (χ2v) is 5.40. The number of unbranched alkanes of at least 4 members (excludes halogenated alkanes) is 1. The lowest BCUT2D eigenvalue weighted by Crippen LogP contribution is -1.97. The SMILES string of the molecule is C=CCOc1ccc2cc(/C=C/CCCC(C)O)ncc2c1. The van der Waals surface area contributed by atoms with Crippen molar-refractivity contribution in [3.63, 3.8) is 0 Å². The second kappa shape index (κ2) is 8.35. The highest BCUT2D eigenvalue weighted by atomic mass is 16.5. The van der Waals surface area contributed by atoms with Crippen molar-refractivity contribution in [2.24, 2.45) is 0 Å². The molecule has 116 valence electrons. The molecule has 1 unspecified atom stereocenters. The second-order valence-electron chi connectivity index (χ2n) is 5.40. The third kappa shape index (κ3) is 5.01. The molecule has 22 heavy (non-hydrogen) atoms. The molecule has 0 aliphatic carbocycles. The van der Waals surface area contributed by atoms with E-state index in [9.17, 15) is 5.11 Å². The van der Waals surface area contributed by atoms with Crippen molar-refractivity contribution in [1.82, 2.24) is 4.98 Å². The Morgan fingerprint density at radius 3 is 2.95 bits per heavy atom. The van der Waals surface area contributed by atoms with Crippen molar-refractivity contribution in [3.8, 4) is 5.75 Å². The summed E-state index contributed by atoms with van der Waals surface area (Å²) in [5.74, 6) is 0.829. The van der Waals surface area contributed by atoms with Gasteiger partial charge in [0.05, 0.1) is 11.8 Å². The molecule has 1 aromatic carbocycles. The maximum Gasteiger partial charge on any atom is 0.120 e. The molecule has 1 N–H and O–H groups in total. The molecule has 2 rings (SSSR count). The quantitative estimate of drug-likeness (QED) is 0.581. The van der Waals surface area contributed by atoms with Crippen LogP contribution < -0.4 is 4.74 Å². The van der Waals surface area contributed by atoms with Crippen molar-refractivity contribution >= 4 is 16.8 Å². The highest BCUT2D eigenvalue weighted by Crippen LogP contribution is 2.21. The van der Waals surface area contributed by atoms with Crippen molar-refractivity contribution in [1.29, 1.82) is 0 Å². The zero-order valence-electron chi connectivity index (χ0n) is 13.0. The molecule has 1 atom stereocenters. The van der Waals surface area contributed by atoms with Crippen LogP contribution in [-0.4, -0.2) is 22.8 Å². The average Bonchev–Trinajstić information content (AvgIpc) is 2.52. The summed E-state index contributed by atoms with van der Waals surface area (Å²) in [7, 11) is 0. The van der Waals surface area contributed by atoms with Gasteiger partial charge in [0.15, 0.2) is 0 Å². The van der Waals surface area contributed by atoms with Crippen LogP contribution in [0.2, 0.25) is 0 Å². The molecule has 0 amide bonds. The fraction of sp³-hybridized carbons (Fsp3) is 0.316. The molecule has 0 saturated carbocycles. The van der Waals surface area contributed by atoms with E-state index in [4.69, 9.17) is 4.74 Å². The van der Waals surface area contributed by atoms with E-state index in [1.165, 1.54) is 0 Å². The van der Waals surface area contributed by atoms with Crippen LogP contribution in [0.1, 0.15) is 31.9 Å². The molecule has 0 radical (unpaired) electrons. The van der Waals surface area contributed by atoms with Gasteiger partial charge in [-0.05, 0) is 55.8 Å². The van der Waals surface area contributed by atoms with E-state index < -0.39 is 0 Å². The van der Waals surface area contributed by atoms with Gasteiger partial charge in [-0.15, -0.1) is 0 Å². The Balaban J connectivity index is 2.01. The number of rotatable bonds is 8. The first-order chi connectivity index (χ1) is 10.7. The largest absolute Gasteiger partial charge is 0.490 e. The van der Waals surface area contributed by atoms with Gasteiger partial charge in [0.2, 0.25) is 0 Å². The van der Waals surface area contributed by atoms with E-state index in [1.807, 2.05) is 37.4 Å². The molecule has 3 heteroatoms. The number of aromatic nitrogens is 1. The van der Waals surface area contributed by atoms with E-state index in [-0.39, 0.29) is 6.10 Å². The van der Waals surface area contributed by atoms with Gasteiger partial charge in [-0.3, -0.25) is 4.98 Å². The summed E-state index contributed by atoms with van der Waals surface area (Å²) < 4.78 is 5.52. The number of aliphatic hydroxyl groups excluding tert-OH is 1. The fourth-order valence-electron chi connectivity index (χ4n) is 2.21. The van der Waals surface area contributed by atoms with Crippen molar-refractivity contribution in [3.05, 3.63) is 54.9 Å². The standard InChI is InChI=1S/C19H23NO2/c1-3-11-22-19-10-9-16-12-18(20-14-17(16)13-19)8-6-4-5-7-15(2)21/h3,6,8-10,12-15,21H,1,4-5,7,11H2,2H3/b8-6+. The summed E-state index contributed by atoms with van der Waals surface area (Å²) in [5.41, 5.74) is 0.948. The first-order valence-corrected chi connectivity index (χ1v) is 7.67. The van der Waals surface area contributed by atoms with Gasteiger partial charge >= 0.3 is 0 Å². The first kappa shape index (κ1) is 16.2. The lowest BCUT2D eigenvalue weighted by molar-refractivity contribution is 0.182. The fourth-order valence-corrected chi connectivity index (χ4v) is 2.21. The molecule has 0 aliphatic rings. The summed E-state index contributed by atoms with van der Waals surface area (Å²) in [6, 6.07) is 8.06. The van der Waals surface area contributed by atoms with Gasteiger partial charge in [0.1, 0.15) is 12.4 Å². The lowest BCUT2D eigenvalue weighted by Gasteiger charge is -2.05. The summed E-state index contributed by atoms with van der Waals surface area (Å²) in [6.07, 6.45) is 10.3. The van der Waals surface area contributed by atoms with Gasteiger partial charge in [-0.25, -0.2) is 0 Å². The average molecular weight is 297 g/mol. The predicted molar refractivity (Wildman–Crippen MR) is 92.0 cm³/mol. The van der Waals surface area contributed by atoms with Crippen LogP contribution in [-0.2, 0) is 0 Å². The number of aliphatic hydroxyl groups is 1. The highest BCUT2D eigenvalue weighted by Gasteiger charge is 1.99. The Morgan fingerprint density at radius 2 is 2.18 bits per heavy atom. The molecule has 0 spiro atoms. The van der Waals surface area contributed by atoms with Crippen molar-refractivity contribution in [2.45, 2.75) is 32.3 Å². The van der Waals surface area contributed by atoms with Gasteiger partial charge in [-0.2, -0.15) is 0 Å². The molecule has 1 heterocycles. The van der Waals surface area contributed by atoms with Crippen LogP contribution in [0.15, 0.2) is 49.2 Å². The third-order valence-corrected chi connectivity index (χ3v) is 3.36. The minimum atomic E-state index is -0.218. The molecule has 0 fully saturated rings. The van der Waals surface area contributed by atoms with Crippen LogP contribution in [0, 0.1) is 0 Å². The summed E-state index contributed by atoms with van der Waals surface area (Å²) in [6.45, 7) is 5.97. The third-order valence-electron chi connectivity index (χ3n) is 3.36. The summed E-state index contributed by atoms with van der Waals surface area (Å²) in [4.78, 5) is 4.45. The molecule has 0 saturated heterocycles. The minimum absolute atomic E-state index is 0.218. The number of fused-ring (bicyclic) bond motifs is 1. The maximum atomic E-state index is 9.21. The Labute approximate surface area is 132 Å². The van der Waals surface area contributed by atoms with E-state index in [0.29, 0.717) is 6.61 Å². The zero-order valence-corrected chi connectivity index (χ0v) is 13.0. The normalized spacial score (nSPS) is 12.6. The van der Waals surface area contributed by atoms with E-state index in [0.717, 1.165) is 41.5 Å². The topological polar surface area (TPSA) is 42.4 Å². The first-order valence-electron chi connectivity index (χ1n) is 7.67. The molecule has 1 aromatic heterocycles. The van der Waals surface area contributed by atoms with Gasteiger partial charge in [0.25, 0.3) is 0 Å². The van der Waals surface area contributed by atoms with Gasteiger partial charge < -0.3 is 9.84 Å². The molecular weight excluding hydrogens is 274 g/mol. The maximum absolute atomic E-state index is 9.21. The highest BCUT2D eigenvalue weighted by molar-refractivity contribution is 5.84. The van der Waals surface area contributed by atoms with E-state index >= 15 is 0 Å². The van der Waals surface area contributed by atoms with Crippen LogP contribution in [0.25, 0.3) is 16.8 Å². The number of benzene rings is 1. The number of ether oxygens (including phenoxy) is 1. The Kier molecular flexibility index (Phi) is 6.16. The lowest BCUT2D eigenvalue weighted by atomic mass is 10.1. The van der Waals surface area contributed by atoms with Crippen LogP contribution in [0.4, 0.5) is 0 Å². The van der Waals surface area contributed by atoms with Crippen molar-refractivity contribution in [2.75, 3.05) is 6.61 Å². The van der Waals surface area contributed by atoms with E-state index in [2.05, 4.69) is 23.7 Å². The predicted octanol–water partition coefficient (Wildman–Crippen LogP) is 4.36. The Bertz CT molecular complexity index is 647. The summed E-state index contributed by atoms with van der Waals surface area (Å²) >= 11 is 0. The number of hydrogen-bond donors (Lipinski definition) is 1. The monoisotopic (exact) mass is 297 g/mol. The van der Waals surface area contributed by atoms with Gasteiger partial charge in [-0.1, -0.05) is 24.8 Å². The molecule has 0 bridgehead atoms. The zero-order chi connectivity index (χ0) is 15.8. The van der Waals surface area contributed by atoms with Gasteiger partial charge in [0, 0.05) is 11.6 Å². The Morgan fingerprint density at radius 1 is 1.32 bits per heavy atom. The van der Waals surface area contributed by atoms with Crippen LogP contribution in [0.3, 0.4) is 0 Å². The molecule has 2 aromatic rings. The number of pyridine rings is 1. The summed E-state index contributed by atoms with van der Waals surface area (Å²) in [5, 5.41) is 11.4. The number of hydrogen-bond acceptors (Lipinski definition) is 3. The molecular formula is C19H23NO2. The number of allylic oxidation sites excluding steroid dienone is 1. The Hall–Kier alpha value is -2.13. The minimum Gasteiger partial charge on any atom is -0.490 e.